The third-order valence-corrected chi connectivity index (χ3v) is 5.72. The molecule has 1 aliphatic heterocycles. The smallest absolute Gasteiger partial charge is 0.295 e. The lowest BCUT2D eigenvalue weighted by atomic mass is 9.97. The van der Waals surface area contributed by atoms with E-state index in [0.717, 1.165) is 0 Å². The zero-order valence-electron chi connectivity index (χ0n) is 18.1. The Labute approximate surface area is 189 Å². The first-order chi connectivity index (χ1) is 16.0. The van der Waals surface area contributed by atoms with Gasteiger partial charge in [0, 0.05) is 5.69 Å². The number of anilines is 1. The predicted molar refractivity (Wildman–Crippen MR) is 123 cm³/mol. The van der Waals surface area contributed by atoms with Crippen LogP contribution in [-0.4, -0.2) is 24.7 Å². The maximum Gasteiger partial charge on any atom is 0.295 e. The number of hydrogen-bond donors (Lipinski definition) is 1. The first-order valence-electron chi connectivity index (χ1n) is 10.5. The third kappa shape index (κ3) is 3.29. The molecular formula is C26H21NO6. The molecule has 1 aromatic heterocycles. The Kier molecular flexibility index (Phi) is 5.01. The fraction of sp³-hybridized carbons (Fsp3) is 0.154. The van der Waals surface area contributed by atoms with Crippen LogP contribution < -0.4 is 19.8 Å². The second kappa shape index (κ2) is 8.02. The largest absolute Gasteiger partial charge is 0.504 e. The van der Waals surface area contributed by atoms with Gasteiger partial charge in [-0.05, 0) is 61.0 Å². The molecular weight excluding hydrogens is 422 g/mol. The average Bonchev–Trinajstić information content (AvgIpc) is 3.13. The zero-order valence-corrected chi connectivity index (χ0v) is 18.1. The number of phenols is 1. The Bertz CT molecular complexity index is 1420. The summed E-state index contributed by atoms with van der Waals surface area (Å²) in [5, 5.41) is 10.5. The molecule has 3 aromatic carbocycles. The summed E-state index contributed by atoms with van der Waals surface area (Å²) in [7, 11) is 1.44. The Morgan fingerprint density at radius 1 is 1.03 bits per heavy atom. The van der Waals surface area contributed by atoms with Gasteiger partial charge in [0.25, 0.3) is 5.91 Å². The fourth-order valence-electron chi connectivity index (χ4n) is 4.24. The fourth-order valence-corrected chi connectivity index (χ4v) is 4.24. The monoisotopic (exact) mass is 443 g/mol. The summed E-state index contributed by atoms with van der Waals surface area (Å²) < 4.78 is 16.7. The molecule has 2 heterocycles. The number of rotatable bonds is 5. The van der Waals surface area contributed by atoms with Crippen molar-refractivity contribution in [2.75, 3.05) is 18.6 Å². The number of methoxy groups -OCH3 is 1. The van der Waals surface area contributed by atoms with Crippen molar-refractivity contribution in [2.24, 2.45) is 0 Å². The Balaban J connectivity index is 1.75. The van der Waals surface area contributed by atoms with Crippen LogP contribution in [0.4, 0.5) is 5.69 Å². The highest BCUT2D eigenvalue weighted by Gasteiger charge is 2.43. The zero-order chi connectivity index (χ0) is 23.1. The van der Waals surface area contributed by atoms with E-state index in [-0.39, 0.29) is 28.3 Å². The average molecular weight is 443 g/mol. The molecule has 5 rings (SSSR count). The Morgan fingerprint density at radius 2 is 1.79 bits per heavy atom. The van der Waals surface area contributed by atoms with Crippen LogP contribution in [0.2, 0.25) is 0 Å². The van der Waals surface area contributed by atoms with Gasteiger partial charge in [-0.2, -0.15) is 0 Å². The molecule has 0 saturated heterocycles. The van der Waals surface area contributed by atoms with Crippen LogP contribution >= 0.6 is 0 Å². The summed E-state index contributed by atoms with van der Waals surface area (Å²) in [6, 6.07) is 17.9. The van der Waals surface area contributed by atoms with E-state index in [4.69, 9.17) is 13.9 Å². The molecule has 1 aliphatic rings. The number of phenolic OH excluding ortho intramolecular Hbond substituents is 1. The molecule has 0 bridgehead atoms. The molecule has 1 amide bonds. The van der Waals surface area contributed by atoms with Gasteiger partial charge in [-0.1, -0.05) is 18.2 Å². The molecule has 0 saturated carbocycles. The molecule has 166 valence electrons. The first kappa shape index (κ1) is 20.6. The molecule has 0 fully saturated rings. The van der Waals surface area contributed by atoms with Gasteiger partial charge in [-0.15, -0.1) is 0 Å². The van der Waals surface area contributed by atoms with Gasteiger partial charge < -0.3 is 19.0 Å². The number of carbonyl (C=O) groups is 1. The van der Waals surface area contributed by atoms with E-state index in [1.54, 1.807) is 60.7 Å². The molecule has 0 radical (unpaired) electrons. The summed E-state index contributed by atoms with van der Waals surface area (Å²) in [5.74, 6) is 0.459. The standard InChI is InChI=1S/C26H21NO6/c1-3-32-17-11-9-16(10-12-17)27-23(15-8-13-19(28)21(14-15)31-2)22-24(29)18-6-4-5-7-20(18)33-25(22)26(27)30/h4-14,23,28H,3H2,1-2H3. The lowest BCUT2D eigenvalue weighted by Gasteiger charge is -2.25. The van der Waals surface area contributed by atoms with Crippen molar-refractivity contribution in [3.8, 4) is 17.2 Å². The number of nitrogens with zero attached hydrogens (tertiary/aromatic N) is 1. The van der Waals surface area contributed by atoms with Crippen molar-refractivity contribution >= 4 is 22.6 Å². The highest BCUT2D eigenvalue weighted by Crippen LogP contribution is 2.43. The van der Waals surface area contributed by atoms with Crippen LogP contribution in [-0.2, 0) is 0 Å². The van der Waals surface area contributed by atoms with E-state index in [0.29, 0.717) is 34.6 Å². The van der Waals surface area contributed by atoms with Gasteiger partial charge in [0.05, 0.1) is 30.7 Å². The summed E-state index contributed by atoms with van der Waals surface area (Å²) >= 11 is 0. The minimum absolute atomic E-state index is 0.00428. The van der Waals surface area contributed by atoms with Crippen LogP contribution in [0.25, 0.3) is 11.0 Å². The van der Waals surface area contributed by atoms with Crippen molar-refractivity contribution < 1.29 is 23.8 Å². The number of carbonyl (C=O) groups excluding carboxylic acids is 1. The van der Waals surface area contributed by atoms with E-state index in [1.165, 1.54) is 18.1 Å². The normalized spacial score (nSPS) is 15.0. The molecule has 4 aromatic rings. The van der Waals surface area contributed by atoms with Gasteiger partial charge in [0.15, 0.2) is 16.9 Å². The second-order valence-corrected chi connectivity index (χ2v) is 7.61. The van der Waals surface area contributed by atoms with Crippen LogP contribution in [0.3, 0.4) is 0 Å². The van der Waals surface area contributed by atoms with Crippen LogP contribution in [0.5, 0.6) is 17.2 Å². The molecule has 7 heteroatoms. The maximum absolute atomic E-state index is 13.6. The number of para-hydroxylation sites is 1. The molecule has 0 spiro atoms. The van der Waals surface area contributed by atoms with Crippen LogP contribution in [0.1, 0.15) is 34.6 Å². The van der Waals surface area contributed by atoms with E-state index in [2.05, 4.69) is 0 Å². The van der Waals surface area contributed by atoms with E-state index in [1.807, 2.05) is 6.92 Å². The van der Waals surface area contributed by atoms with Gasteiger partial charge in [-0.25, -0.2) is 0 Å². The van der Waals surface area contributed by atoms with Gasteiger partial charge in [-0.3, -0.25) is 14.5 Å². The van der Waals surface area contributed by atoms with Crippen LogP contribution in [0.15, 0.2) is 75.9 Å². The molecule has 0 aliphatic carbocycles. The highest BCUT2D eigenvalue weighted by atomic mass is 16.5. The maximum atomic E-state index is 13.6. The quantitative estimate of drug-likeness (QED) is 0.483. The lowest BCUT2D eigenvalue weighted by Crippen LogP contribution is -2.29. The highest BCUT2D eigenvalue weighted by molar-refractivity contribution is 6.10. The Morgan fingerprint density at radius 3 is 2.52 bits per heavy atom. The molecule has 33 heavy (non-hydrogen) atoms. The summed E-state index contributed by atoms with van der Waals surface area (Å²) in [6.45, 7) is 2.42. The topological polar surface area (TPSA) is 89.2 Å². The third-order valence-electron chi connectivity index (χ3n) is 5.72. The van der Waals surface area contributed by atoms with E-state index < -0.39 is 11.9 Å². The second-order valence-electron chi connectivity index (χ2n) is 7.61. The van der Waals surface area contributed by atoms with E-state index in [9.17, 15) is 14.7 Å². The Hall–Kier alpha value is -4.26. The number of hydrogen-bond acceptors (Lipinski definition) is 6. The summed E-state index contributed by atoms with van der Waals surface area (Å²) in [5.41, 5.74) is 1.51. The number of ether oxygens (including phenoxy) is 2. The van der Waals surface area contributed by atoms with Gasteiger partial charge >= 0.3 is 0 Å². The molecule has 7 nitrogen and oxygen atoms in total. The number of fused-ring (bicyclic) bond motifs is 2. The van der Waals surface area contributed by atoms with E-state index >= 15 is 0 Å². The van der Waals surface area contributed by atoms with Crippen molar-refractivity contribution in [1.82, 2.24) is 0 Å². The van der Waals surface area contributed by atoms with Crippen molar-refractivity contribution in [3.05, 3.63) is 93.8 Å². The molecule has 1 N–H and O–H groups in total. The van der Waals surface area contributed by atoms with Crippen molar-refractivity contribution in [1.29, 1.82) is 0 Å². The van der Waals surface area contributed by atoms with Gasteiger partial charge in [0.2, 0.25) is 5.76 Å². The summed E-state index contributed by atoms with van der Waals surface area (Å²) in [6.07, 6.45) is 0. The summed E-state index contributed by atoms with van der Waals surface area (Å²) in [4.78, 5) is 28.7. The van der Waals surface area contributed by atoms with Crippen molar-refractivity contribution in [2.45, 2.75) is 13.0 Å². The molecule has 1 unspecified atom stereocenters. The number of aromatic hydroxyl groups is 1. The first-order valence-corrected chi connectivity index (χ1v) is 10.5. The minimum atomic E-state index is -0.763. The molecule has 1 atom stereocenters. The number of amides is 1. The minimum Gasteiger partial charge on any atom is -0.504 e. The lowest BCUT2D eigenvalue weighted by molar-refractivity contribution is 0.0971. The number of benzene rings is 3. The SMILES string of the molecule is CCOc1ccc(N2C(=O)c3oc4ccccc4c(=O)c3C2c2ccc(O)c(OC)c2)cc1. The van der Waals surface area contributed by atoms with Crippen molar-refractivity contribution in [3.63, 3.8) is 0 Å². The van der Waals surface area contributed by atoms with Crippen LogP contribution in [0, 0.1) is 0 Å². The predicted octanol–water partition coefficient (Wildman–Crippen LogP) is 4.66. The van der Waals surface area contributed by atoms with Gasteiger partial charge in [0.1, 0.15) is 11.3 Å².